The Hall–Kier alpha value is -1.71. The fraction of sp³-hybridized carbons (Fsp3) is 0.462. The van der Waals surface area contributed by atoms with Crippen molar-refractivity contribution >= 4 is 17.3 Å². The maximum atomic E-state index is 11.8. The van der Waals surface area contributed by atoms with E-state index < -0.39 is 0 Å². The summed E-state index contributed by atoms with van der Waals surface area (Å²) in [7, 11) is 1.55. The molecule has 4 heteroatoms. The average Bonchev–Trinajstić information content (AvgIpc) is 2.31. The lowest BCUT2D eigenvalue weighted by Crippen LogP contribution is -2.20. The highest BCUT2D eigenvalue weighted by atomic mass is 16.5. The first-order valence-corrected chi connectivity index (χ1v) is 5.82. The first kappa shape index (κ1) is 13.4. The molecular formula is C13H20N2O2. The number of benzene rings is 1. The number of carbonyl (C=O) groups is 1. The number of methoxy groups -OCH3 is 1. The summed E-state index contributed by atoms with van der Waals surface area (Å²) >= 11 is 0. The molecule has 1 aromatic carbocycles. The highest BCUT2D eigenvalue weighted by Gasteiger charge is 2.12. The second kappa shape index (κ2) is 6.13. The van der Waals surface area contributed by atoms with Crippen LogP contribution in [0.3, 0.4) is 0 Å². The van der Waals surface area contributed by atoms with Gasteiger partial charge in [-0.1, -0.05) is 20.3 Å². The molecule has 1 rings (SSSR count). The van der Waals surface area contributed by atoms with E-state index in [0.29, 0.717) is 17.1 Å². The number of carbonyl (C=O) groups excluding carboxylic acids is 1. The Balaban J connectivity index is 2.71. The van der Waals surface area contributed by atoms with Gasteiger partial charge >= 0.3 is 0 Å². The second-order valence-corrected chi connectivity index (χ2v) is 4.14. The van der Waals surface area contributed by atoms with Crippen molar-refractivity contribution < 1.29 is 9.53 Å². The van der Waals surface area contributed by atoms with E-state index in [4.69, 9.17) is 10.5 Å². The molecule has 0 aromatic heterocycles. The van der Waals surface area contributed by atoms with E-state index in [1.807, 2.05) is 6.92 Å². The number of anilines is 2. The van der Waals surface area contributed by atoms with Crippen molar-refractivity contribution in [1.82, 2.24) is 0 Å². The molecule has 1 unspecified atom stereocenters. The molecule has 1 amide bonds. The van der Waals surface area contributed by atoms with Crippen molar-refractivity contribution in [3.05, 3.63) is 18.2 Å². The quantitative estimate of drug-likeness (QED) is 0.772. The van der Waals surface area contributed by atoms with Gasteiger partial charge in [-0.2, -0.15) is 0 Å². The maximum absolute atomic E-state index is 11.8. The van der Waals surface area contributed by atoms with E-state index in [1.165, 1.54) is 0 Å². The van der Waals surface area contributed by atoms with Gasteiger partial charge < -0.3 is 15.8 Å². The van der Waals surface area contributed by atoms with Crippen molar-refractivity contribution in [1.29, 1.82) is 0 Å². The van der Waals surface area contributed by atoms with Gasteiger partial charge in [0.2, 0.25) is 5.91 Å². The van der Waals surface area contributed by atoms with Crippen LogP contribution in [0, 0.1) is 5.92 Å². The average molecular weight is 236 g/mol. The van der Waals surface area contributed by atoms with Gasteiger partial charge in [0.25, 0.3) is 0 Å². The topological polar surface area (TPSA) is 64.4 Å². The first-order valence-electron chi connectivity index (χ1n) is 5.82. The molecule has 3 N–H and O–H groups in total. The monoisotopic (exact) mass is 236 g/mol. The molecule has 1 aromatic rings. The smallest absolute Gasteiger partial charge is 0.227 e. The molecule has 0 spiro atoms. The summed E-state index contributed by atoms with van der Waals surface area (Å²) in [6.07, 6.45) is 1.89. The van der Waals surface area contributed by atoms with Crippen LogP contribution in [-0.2, 0) is 4.79 Å². The van der Waals surface area contributed by atoms with E-state index >= 15 is 0 Å². The summed E-state index contributed by atoms with van der Waals surface area (Å²) in [5, 5.41) is 2.85. The zero-order valence-corrected chi connectivity index (χ0v) is 10.6. The number of rotatable bonds is 5. The standard InChI is InChI=1S/C13H20N2O2/c1-4-5-9(2)13(16)15-10-6-7-11(14)12(8-10)17-3/h6-9H,4-5,14H2,1-3H3,(H,15,16). The SMILES string of the molecule is CCCC(C)C(=O)Nc1ccc(N)c(OC)c1. The molecule has 0 bridgehead atoms. The van der Waals surface area contributed by atoms with Gasteiger partial charge in [0.15, 0.2) is 0 Å². The molecule has 0 aliphatic carbocycles. The number of nitrogen functional groups attached to an aromatic ring is 1. The Bertz CT molecular complexity index is 391. The highest BCUT2D eigenvalue weighted by molar-refractivity contribution is 5.92. The Morgan fingerprint density at radius 2 is 2.24 bits per heavy atom. The highest BCUT2D eigenvalue weighted by Crippen LogP contribution is 2.25. The van der Waals surface area contributed by atoms with Crippen molar-refractivity contribution in [2.75, 3.05) is 18.2 Å². The number of nitrogens with one attached hydrogen (secondary N) is 1. The summed E-state index contributed by atoms with van der Waals surface area (Å²) in [6, 6.07) is 5.22. The van der Waals surface area contributed by atoms with Crippen molar-refractivity contribution in [3.8, 4) is 5.75 Å². The normalized spacial score (nSPS) is 11.9. The largest absolute Gasteiger partial charge is 0.495 e. The van der Waals surface area contributed by atoms with Crippen LogP contribution in [0.5, 0.6) is 5.75 Å². The Morgan fingerprint density at radius 3 is 2.82 bits per heavy atom. The molecular weight excluding hydrogens is 216 g/mol. The summed E-state index contributed by atoms with van der Waals surface area (Å²) in [5.74, 6) is 0.619. The predicted octanol–water partition coefficient (Wildman–Crippen LogP) is 2.65. The van der Waals surface area contributed by atoms with Gasteiger partial charge in [-0.15, -0.1) is 0 Å². The van der Waals surface area contributed by atoms with Gasteiger partial charge in [-0.05, 0) is 18.6 Å². The molecule has 4 nitrogen and oxygen atoms in total. The van der Waals surface area contributed by atoms with Crippen molar-refractivity contribution in [3.63, 3.8) is 0 Å². The lowest BCUT2D eigenvalue weighted by Gasteiger charge is -2.12. The molecule has 0 saturated heterocycles. The van der Waals surface area contributed by atoms with E-state index in [2.05, 4.69) is 12.2 Å². The van der Waals surface area contributed by atoms with Crippen LogP contribution < -0.4 is 15.8 Å². The van der Waals surface area contributed by atoms with Gasteiger partial charge in [0, 0.05) is 17.7 Å². The zero-order chi connectivity index (χ0) is 12.8. The lowest BCUT2D eigenvalue weighted by molar-refractivity contribution is -0.119. The predicted molar refractivity (Wildman–Crippen MR) is 70.1 cm³/mol. The number of hydrogen-bond donors (Lipinski definition) is 2. The van der Waals surface area contributed by atoms with Crippen LogP contribution in [-0.4, -0.2) is 13.0 Å². The number of amides is 1. The minimum Gasteiger partial charge on any atom is -0.495 e. The molecule has 1 atom stereocenters. The zero-order valence-electron chi connectivity index (χ0n) is 10.6. The second-order valence-electron chi connectivity index (χ2n) is 4.14. The minimum atomic E-state index is 0.0172. The Morgan fingerprint density at radius 1 is 1.53 bits per heavy atom. The van der Waals surface area contributed by atoms with Crippen LogP contribution in [0.25, 0.3) is 0 Å². The summed E-state index contributed by atoms with van der Waals surface area (Å²) in [6.45, 7) is 3.99. The van der Waals surface area contributed by atoms with Gasteiger partial charge in [-0.25, -0.2) is 0 Å². The van der Waals surface area contributed by atoms with E-state index in [0.717, 1.165) is 12.8 Å². The van der Waals surface area contributed by atoms with Gasteiger partial charge in [0.05, 0.1) is 12.8 Å². The molecule has 0 aliphatic heterocycles. The fourth-order valence-electron chi connectivity index (χ4n) is 1.62. The van der Waals surface area contributed by atoms with E-state index in [9.17, 15) is 4.79 Å². The molecule has 0 fully saturated rings. The van der Waals surface area contributed by atoms with E-state index in [-0.39, 0.29) is 11.8 Å². The third-order valence-corrected chi connectivity index (χ3v) is 2.67. The summed E-state index contributed by atoms with van der Waals surface area (Å²) < 4.78 is 5.10. The van der Waals surface area contributed by atoms with Crippen LogP contribution in [0.2, 0.25) is 0 Å². The third kappa shape index (κ3) is 3.66. The Kier molecular flexibility index (Phi) is 4.82. The first-order chi connectivity index (χ1) is 8.08. The van der Waals surface area contributed by atoms with Crippen molar-refractivity contribution in [2.24, 2.45) is 5.92 Å². The van der Waals surface area contributed by atoms with Crippen LogP contribution in [0.1, 0.15) is 26.7 Å². The number of ether oxygens (including phenoxy) is 1. The molecule has 0 saturated carbocycles. The molecule has 94 valence electrons. The van der Waals surface area contributed by atoms with Crippen LogP contribution in [0.4, 0.5) is 11.4 Å². The summed E-state index contributed by atoms with van der Waals surface area (Å²) in [5.41, 5.74) is 6.97. The molecule has 0 heterocycles. The number of hydrogen-bond acceptors (Lipinski definition) is 3. The molecule has 17 heavy (non-hydrogen) atoms. The van der Waals surface area contributed by atoms with Crippen molar-refractivity contribution in [2.45, 2.75) is 26.7 Å². The Labute approximate surface area is 102 Å². The minimum absolute atomic E-state index is 0.0172. The number of nitrogens with two attached hydrogens (primary N) is 1. The van der Waals surface area contributed by atoms with Crippen LogP contribution >= 0.6 is 0 Å². The third-order valence-electron chi connectivity index (χ3n) is 2.67. The molecule has 0 aliphatic rings. The summed E-state index contributed by atoms with van der Waals surface area (Å²) in [4.78, 5) is 11.8. The van der Waals surface area contributed by atoms with Gasteiger partial charge in [-0.3, -0.25) is 4.79 Å². The molecule has 0 radical (unpaired) electrons. The van der Waals surface area contributed by atoms with E-state index in [1.54, 1.807) is 25.3 Å². The van der Waals surface area contributed by atoms with Gasteiger partial charge in [0.1, 0.15) is 5.75 Å². The fourth-order valence-corrected chi connectivity index (χ4v) is 1.62. The van der Waals surface area contributed by atoms with Crippen LogP contribution in [0.15, 0.2) is 18.2 Å². The maximum Gasteiger partial charge on any atom is 0.227 e. The lowest BCUT2D eigenvalue weighted by atomic mass is 10.1.